The minimum atomic E-state index is -3.58. The molecule has 22 heavy (non-hydrogen) atoms. The van der Waals surface area contributed by atoms with Crippen molar-refractivity contribution in [2.75, 3.05) is 19.6 Å². The zero-order chi connectivity index (χ0) is 15.3. The first-order valence-corrected chi connectivity index (χ1v) is 9.51. The zero-order valence-corrected chi connectivity index (χ0v) is 13.3. The van der Waals surface area contributed by atoms with Crippen molar-refractivity contribution in [2.45, 2.75) is 42.7 Å². The average Bonchev–Trinajstić information content (AvgIpc) is 3.05. The third-order valence-corrected chi connectivity index (χ3v) is 7.15. The van der Waals surface area contributed by atoms with Crippen LogP contribution >= 0.6 is 0 Å². The van der Waals surface area contributed by atoms with Gasteiger partial charge in [-0.05, 0) is 49.8 Å². The highest BCUT2D eigenvalue weighted by atomic mass is 32.2. The van der Waals surface area contributed by atoms with Gasteiger partial charge in [-0.15, -0.1) is 0 Å². The number of fused-ring (bicyclic) bond motifs is 1. The van der Waals surface area contributed by atoms with Gasteiger partial charge in [0.05, 0.1) is 4.90 Å². The Balaban J connectivity index is 1.56. The Hall–Kier alpha value is -0.980. The van der Waals surface area contributed by atoms with Crippen molar-refractivity contribution >= 4 is 10.0 Å². The van der Waals surface area contributed by atoms with E-state index in [1.54, 1.807) is 4.31 Å². The molecule has 0 bridgehead atoms. The minimum absolute atomic E-state index is 0.0621. The molecule has 1 aromatic carbocycles. The topological polar surface area (TPSA) is 40.6 Å². The fraction of sp³-hybridized carbons (Fsp3) is 0.625. The predicted octanol–water partition coefficient (Wildman–Crippen LogP) is 2.07. The monoisotopic (exact) mass is 324 g/mol. The standard InChI is InChI=1S/C16H21FN2O2S/c17-13-2-1-3-14(10-13)22(20,21)19-9-7-15-16(19)6-8-18(15)11-12-4-5-12/h1-3,10,12,15-16H,4-9,11H2/t15-,16+/m0/s1. The maximum atomic E-state index is 13.4. The molecule has 0 unspecified atom stereocenters. The van der Waals surface area contributed by atoms with Crippen LogP contribution in [-0.2, 0) is 10.0 Å². The smallest absolute Gasteiger partial charge is 0.243 e. The molecule has 1 aromatic rings. The van der Waals surface area contributed by atoms with E-state index in [0.717, 1.165) is 37.9 Å². The molecule has 2 atom stereocenters. The first-order chi connectivity index (χ1) is 10.6. The molecule has 4 rings (SSSR count). The molecule has 2 heterocycles. The third kappa shape index (κ3) is 2.47. The van der Waals surface area contributed by atoms with Crippen molar-refractivity contribution in [3.63, 3.8) is 0 Å². The van der Waals surface area contributed by atoms with Gasteiger partial charge in [0.25, 0.3) is 0 Å². The van der Waals surface area contributed by atoms with Crippen LogP contribution in [0.4, 0.5) is 4.39 Å². The fourth-order valence-corrected chi connectivity index (χ4v) is 5.69. The van der Waals surface area contributed by atoms with Crippen LogP contribution in [-0.4, -0.2) is 49.3 Å². The van der Waals surface area contributed by atoms with Crippen molar-refractivity contribution in [2.24, 2.45) is 5.92 Å². The van der Waals surface area contributed by atoms with Gasteiger partial charge in [-0.1, -0.05) is 6.07 Å². The van der Waals surface area contributed by atoms with E-state index in [2.05, 4.69) is 4.90 Å². The summed E-state index contributed by atoms with van der Waals surface area (Å²) in [5.41, 5.74) is 0. The van der Waals surface area contributed by atoms with E-state index in [4.69, 9.17) is 0 Å². The van der Waals surface area contributed by atoms with Gasteiger partial charge in [0.2, 0.25) is 10.0 Å². The Kier molecular flexibility index (Phi) is 3.51. The van der Waals surface area contributed by atoms with Gasteiger partial charge in [-0.25, -0.2) is 12.8 Å². The number of halogens is 1. The Morgan fingerprint density at radius 1 is 1.09 bits per heavy atom. The number of likely N-dealkylation sites (tertiary alicyclic amines) is 1. The predicted molar refractivity (Wildman–Crippen MR) is 81.4 cm³/mol. The molecule has 0 radical (unpaired) electrons. The minimum Gasteiger partial charge on any atom is -0.298 e. The Bertz CT molecular complexity index is 674. The fourth-order valence-electron chi connectivity index (χ4n) is 3.96. The lowest BCUT2D eigenvalue weighted by Crippen LogP contribution is -2.40. The summed E-state index contributed by atoms with van der Waals surface area (Å²) in [6.07, 6.45) is 4.43. The lowest BCUT2D eigenvalue weighted by Gasteiger charge is -2.25. The van der Waals surface area contributed by atoms with E-state index >= 15 is 0 Å². The number of hydrogen-bond donors (Lipinski definition) is 0. The van der Waals surface area contributed by atoms with Gasteiger partial charge in [-0.3, -0.25) is 4.90 Å². The maximum Gasteiger partial charge on any atom is 0.243 e. The second-order valence-corrected chi connectivity index (χ2v) is 8.61. The molecule has 1 aliphatic carbocycles. The summed E-state index contributed by atoms with van der Waals surface area (Å²) in [5, 5.41) is 0. The van der Waals surface area contributed by atoms with Crippen LogP contribution in [0.2, 0.25) is 0 Å². The Morgan fingerprint density at radius 2 is 1.86 bits per heavy atom. The first kappa shape index (κ1) is 14.6. The highest BCUT2D eigenvalue weighted by Gasteiger charge is 2.48. The zero-order valence-electron chi connectivity index (χ0n) is 12.5. The van der Waals surface area contributed by atoms with Crippen LogP contribution in [0.15, 0.2) is 29.2 Å². The van der Waals surface area contributed by atoms with Gasteiger partial charge < -0.3 is 0 Å². The number of sulfonamides is 1. The van der Waals surface area contributed by atoms with Gasteiger partial charge in [0, 0.05) is 31.7 Å². The largest absolute Gasteiger partial charge is 0.298 e. The molecule has 0 N–H and O–H groups in total. The second kappa shape index (κ2) is 5.28. The molecule has 2 saturated heterocycles. The van der Waals surface area contributed by atoms with E-state index in [1.807, 2.05) is 0 Å². The molecule has 0 spiro atoms. The summed E-state index contributed by atoms with van der Waals surface area (Å²) in [5.74, 6) is 0.325. The van der Waals surface area contributed by atoms with Crippen LogP contribution in [0, 0.1) is 11.7 Å². The van der Waals surface area contributed by atoms with Crippen LogP contribution in [0.3, 0.4) is 0 Å². The van der Waals surface area contributed by atoms with Crippen LogP contribution in [0.25, 0.3) is 0 Å². The second-order valence-electron chi connectivity index (χ2n) is 6.72. The maximum absolute atomic E-state index is 13.4. The van der Waals surface area contributed by atoms with E-state index in [1.165, 1.54) is 31.0 Å². The summed E-state index contributed by atoms with van der Waals surface area (Å²) >= 11 is 0. The van der Waals surface area contributed by atoms with Crippen molar-refractivity contribution in [3.05, 3.63) is 30.1 Å². The Labute approximate surface area is 131 Å². The van der Waals surface area contributed by atoms with Crippen LogP contribution < -0.4 is 0 Å². The summed E-state index contributed by atoms with van der Waals surface area (Å²) in [7, 11) is -3.58. The van der Waals surface area contributed by atoms with Crippen molar-refractivity contribution < 1.29 is 12.8 Å². The van der Waals surface area contributed by atoms with E-state index in [9.17, 15) is 12.8 Å². The van der Waals surface area contributed by atoms with Gasteiger partial charge in [0.15, 0.2) is 0 Å². The molecule has 4 nitrogen and oxygen atoms in total. The number of nitrogens with zero attached hydrogens (tertiary/aromatic N) is 2. The molecular formula is C16H21FN2O2S. The summed E-state index contributed by atoms with van der Waals surface area (Å²) in [6, 6.07) is 5.76. The highest BCUT2D eigenvalue weighted by molar-refractivity contribution is 7.89. The van der Waals surface area contributed by atoms with Gasteiger partial charge in [-0.2, -0.15) is 4.31 Å². The normalized spacial score (nSPS) is 29.9. The Morgan fingerprint density at radius 3 is 2.59 bits per heavy atom. The number of hydrogen-bond acceptors (Lipinski definition) is 3. The molecule has 3 fully saturated rings. The van der Waals surface area contributed by atoms with Crippen LogP contribution in [0.1, 0.15) is 25.7 Å². The lowest BCUT2D eigenvalue weighted by molar-refractivity contribution is 0.239. The summed E-state index contributed by atoms with van der Waals surface area (Å²) in [6.45, 7) is 2.66. The molecule has 120 valence electrons. The first-order valence-electron chi connectivity index (χ1n) is 8.07. The SMILES string of the molecule is O=S(=O)(c1cccc(F)c1)N1CC[C@H]2[C@H]1CCN2CC1CC1. The van der Waals surface area contributed by atoms with Crippen molar-refractivity contribution in [3.8, 4) is 0 Å². The van der Waals surface area contributed by atoms with Crippen LogP contribution in [0.5, 0.6) is 0 Å². The molecule has 6 heteroatoms. The molecule has 3 aliphatic rings. The van der Waals surface area contributed by atoms with Crippen molar-refractivity contribution in [1.82, 2.24) is 9.21 Å². The summed E-state index contributed by atoms with van der Waals surface area (Å²) in [4.78, 5) is 2.55. The van der Waals surface area contributed by atoms with Gasteiger partial charge >= 0.3 is 0 Å². The molecule has 0 amide bonds. The molecule has 0 aromatic heterocycles. The van der Waals surface area contributed by atoms with E-state index in [0.29, 0.717) is 12.6 Å². The quantitative estimate of drug-likeness (QED) is 0.851. The van der Waals surface area contributed by atoms with E-state index in [-0.39, 0.29) is 10.9 Å². The van der Waals surface area contributed by atoms with Crippen molar-refractivity contribution in [1.29, 1.82) is 0 Å². The molecule has 1 saturated carbocycles. The number of rotatable bonds is 4. The van der Waals surface area contributed by atoms with Gasteiger partial charge in [0.1, 0.15) is 5.82 Å². The van der Waals surface area contributed by atoms with E-state index < -0.39 is 15.8 Å². The molecule has 2 aliphatic heterocycles. The lowest BCUT2D eigenvalue weighted by atomic mass is 10.1. The highest BCUT2D eigenvalue weighted by Crippen LogP contribution is 2.38. The summed E-state index contributed by atoms with van der Waals surface area (Å²) < 4.78 is 40.6. The third-order valence-electron chi connectivity index (χ3n) is 5.23. The number of benzene rings is 1. The average molecular weight is 324 g/mol. The molecular weight excluding hydrogens is 303 g/mol.